The predicted octanol–water partition coefficient (Wildman–Crippen LogP) is 4.98. The van der Waals surface area contributed by atoms with Gasteiger partial charge in [0.05, 0.1) is 16.9 Å². The first-order valence-corrected chi connectivity index (χ1v) is 11.5. The van der Waals surface area contributed by atoms with Gasteiger partial charge in [0, 0.05) is 0 Å². The molecule has 0 saturated carbocycles. The average Bonchev–Trinajstić information content (AvgIpc) is 2.61. The Bertz CT molecular complexity index is 992. The molecule has 0 aliphatic rings. The minimum atomic E-state index is -3.57. The molecule has 0 fully saturated rings. The number of aliphatic hydroxyl groups is 1. The van der Waals surface area contributed by atoms with E-state index in [1.807, 2.05) is 27.7 Å². The standard InChI is InChI=1S/C23H31FN2O3S/c1-14(2)19-11-17(24)12-20(15(3)4)21(19)13-22(27)26-30(25,29)18-9-7-16(8-10-18)23(5,6)28/h7-12,14-15,28H,13H2,1-6H3,(H2,25,26,27,29). The fourth-order valence-corrected chi connectivity index (χ4v) is 4.41. The summed E-state index contributed by atoms with van der Waals surface area (Å²) in [4.78, 5) is 12.9. The fourth-order valence-electron chi connectivity index (χ4n) is 3.38. The van der Waals surface area contributed by atoms with Crippen molar-refractivity contribution >= 4 is 15.8 Å². The van der Waals surface area contributed by atoms with Crippen molar-refractivity contribution in [2.45, 2.75) is 70.3 Å². The number of rotatable bonds is 7. The highest BCUT2D eigenvalue weighted by Crippen LogP contribution is 2.30. The van der Waals surface area contributed by atoms with Crippen LogP contribution in [-0.4, -0.2) is 15.2 Å². The summed E-state index contributed by atoms with van der Waals surface area (Å²) in [6.07, 6.45) is -0.0844. The average molecular weight is 435 g/mol. The molecule has 5 nitrogen and oxygen atoms in total. The van der Waals surface area contributed by atoms with Gasteiger partial charge in [-0.05, 0) is 72.2 Å². The molecule has 30 heavy (non-hydrogen) atoms. The first-order chi connectivity index (χ1) is 13.7. The van der Waals surface area contributed by atoms with Crippen LogP contribution in [0.25, 0.3) is 0 Å². The van der Waals surface area contributed by atoms with Gasteiger partial charge < -0.3 is 5.11 Å². The molecule has 2 aromatic rings. The number of amides is 1. The lowest BCUT2D eigenvalue weighted by atomic mass is 9.87. The highest BCUT2D eigenvalue weighted by atomic mass is 32.2. The van der Waals surface area contributed by atoms with Crippen LogP contribution in [0.15, 0.2) is 41.3 Å². The van der Waals surface area contributed by atoms with E-state index in [1.165, 1.54) is 24.3 Å². The van der Waals surface area contributed by atoms with E-state index >= 15 is 0 Å². The van der Waals surface area contributed by atoms with Gasteiger partial charge in [-0.15, -0.1) is 0 Å². The summed E-state index contributed by atoms with van der Waals surface area (Å²) in [5.74, 6) is -0.883. The number of carbonyl (C=O) groups is 1. The van der Waals surface area contributed by atoms with Crippen molar-refractivity contribution in [3.63, 3.8) is 0 Å². The van der Waals surface area contributed by atoms with Gasteiger partial charge in [-0.3, -0.25) is 9.52 Å². The molecule has 1 atom stereocenters. The van der Waals surface area contributed by atoms with Gasteiger partial charge in [0.1, 0.15) is 5.82 Å². The Labute approximate surface area is 178 Å². The van der Waals surface area contributed by atoms with E-state index in [-0.39, 0.29) is 29.0 Å². The summed E-state index contributed by atoms with van der Waals surface area (Å²) < 4.78 is 37.4. The Hall–Kier alpha value is -2.25. The predicted molar refractivity (Wildman–Crippen MR) is 117 cm³/mol. The molecular formula is C23H31FN2O3S. The lowest BCUT2D eigenvalue weighted by Gasteiger charge is -2.20. The van der Waals surface area contributed by atoms with E-state index in [9.17, 15) is 18.5 Å². The van der Waals surface area contributed by atoms with Crippen LogP contribution in [0.3, 0.4) is 0 Å². The molecule has 0 saturated heterocycles. The second-order valence-electron chi connectivity index (χ2n) is 8.71. The molecular weight excluding hydrogens is 403 g/mol. The van der Waals surface area contributed by atoms with E-state index in [2.05, 4.69) is 4.72 Å². The number of benzene rings is 2. The first kappa shape index (κ1) is 24.0. The summed E-state index contributed by atoms with van der Waals surface area (Å²) in [7, 11) is -3.57. The van der Waals surface area contributed by atoms with Crippen LogP contribution >= 0.6 is 0 Å². The monoisotopic (exact) mass is 434 g/mol. The van der Waals surface area contributed by atoms with E-state index in [4.69, 9.17) is 4.78 Å². The number of hydrogen-bond acceptors (Lipinski definition) is 4. The van der Waals surface area contributed by atoms with Crippen LogP contribution in [0.2, 0.25) is 0 Å². The molecule has 164 valence electrons. The fraction of sp³-hybridized carbons (Fsp3) is 0.435. The van der Waals surface area contributed by atoms with E-state index in [0.29, 0.717) is 11.1 Å². The highest BCUT2D eigenvalue weighted by molar-refractivity contribution is 7.91. The van der Waals surface area contributed by atoms with Gasteiger partial charge in [0.15, 0.2) is 9.92 Å². The zero-order valence-electron chi connectivity index (χ0n) is 18.4. The van der Waals surface area contributed by atoms with Gasteiger partial charge in [-0.1, -0.05) is 39.8 Å². The lowest BCUT2D eigenvalue weighted by Crippen LogP contribution is -2.31. The minimum Gasteiger partial charge on any atom is -0.386 e. The number of carbonyl (C=O) groups excluding carboxylic acids is 1. The van der Waals surface area contributed by atoms with Crippen molar-refractivity contribution in [3.8, 4) is 0 Å². The second kappa shape index (κ2) is 8.86. The molecule has 0 aliphatic carbocycles. The highest BCUT2D eigenvalue weighted by Gasteiger charge is 2.22. The molecule has 2 aromatic carbocycles. The van der Waals surface area contributed by atoms with Crippen LogP contribution < -0.4 is 4.72 Å². The van der Waals surface area contributed by atoms with Crippen molar-refractivity contribution in [1.82, 2.24) is 4.72 Å². The smallest absolute Gasteiger partial charge is 0.236 e. The lowest BCUT2D eigenvalue weighted by molar-refractivity contribution is -0.118. The molecule has 0 bridgehead atoms. The Kier molecular flexibility index (Phi) is 7.09. The van der Waals surface area contributed by atoms with Crippen molar-refractivity contribution in [3.05, 3.63) is 64.5 Å². The third-order valence-electron chi connectivity index (χ3n) is 5.02. The number of nitrogens with one attached hydrogen (secondary N) is 2. The normalized spacial score (nSPS) is 14.1. The maximum atomic E-state index is 14.1. The molecule has 0 spiro atoms. The van der Waals surface area contributed by atoms with Gasteiger partial charge in [0.2, 0.25) is 5.91 Å². The van der Waals surface area contributed by atoms with Gasteiger partial charge >= 0.3 is 0 Å². The van der Waals surface area contributed by atoms with Crippen LogP contribution in [0.4, 0.5) is 4.39 Å². The van der Waals surface area contributed by atoms with E-state index in [1.54, 1.807) is 26.0 Å². The maximum absolute atomic E-state index is 14.1. The largest absolute Gasteiger partial charge is 0.386 e. The second-order valence-corrected chi connectivity index (χ2v) is 10.5. The van der Waals surface area contributed by atoms with Gasteiger partial charge in [-0.2, -0.15) is 0 Å². The molecule has 0 aliphatic heterocycles. The minimum absolute atomic E-state index is 0.00994. The third-order valence-corrected chi connectivity index (χ3v) is 6.47. The molecule has 7 heteroatoms. The molecule has 0 radical (unpaired) electrons. The Morgan fingerprint density at radius 2 is 1.57 bits per heavy atom. The Morgan fingerprint density at radius 3 is 1.97 bits per heavy atom. The Morgan fingerprint density at radius 1 is 1.10 bits per heavy atom. The summed E-state index contributed by atoms with van der Waals surface area (Å²) in [6, 6.07) is 8.99. The van der Waals surface area contributed by atoms with Crippen LogP contribution in [0.1, 0.15) is 75.6 Å². The van der Waals surface area contributed by atoms with Crippen LogP contribution in [-0.2, 0) is 26.7 Å². The summed E-state index contributed by atoms with van der Waals surface area (Å²) in [6.45, 7) is 11.0. The zero-order chi connectivity index (χ0) is 22.9. The van der Waals surface area contributed by atoms with Crippen molar-refractivity contribution < 1.29 is 18.5 Å². The molecule has 0 heterocycles. The summed E-state index contributed by atoms with van der Waals surface area (Å²) >= 11 is 0. The van der Waals surface area contributed by atoms with Crippen LogP contribution in [0, 0.1) is 10.6 Å². The topological polar surface area (TPSA) is 90.3 Å². The van der Waals surface area contributed by atoms with Crippen molar-refractivity contribution in [1.29, 1.82) is 4.78 Å². The molecule has 2 rings (SSSR count). The van der Waals surface area contributed by atoms with Gasteiger partial charge in [-0.25, -0.2) is 13.4 Å². The van der Waals surface area contributed by atoms with E-state index < -0.39 is 21.4 Å². The number of halogens is 1. The summed E-state index contributed by atoms with van der Waals surface area (Å²) in [5.41, 5.74) is 1.74. The third kappa shape index (κ3) is 5.67. The molecule has 0 aromatic heterocycles. The van der Waals surface area contributed by atoms with E-state index in [0.717, 1.165) is 11.1 Å². The Balaban J connectivity index is 2.31. The first-order valence-electron chi connectivity index (χ1n) is 9.97. The molecule has 1 unspecified atom stereocenters. The summed E-state index contributed by atoms with van der Waals surface area (Å²) in [5, 5.41) is 10.0. The maximum Gasteiger partial charge on any atom is 0.236 e. The number of hydrogen-bond donors (Lipinski definition) is 3. The SMILES string of the molecule is CC(C)c1cc(F)cc(C(C)C)c1CC(=O)NS(=N)(=O)c1ccc(C(C)(C)O)cc1. The molecule has 1 amide bonds. The molecule has 3 N–H and O–H groups in total. The zero-order valence-corrected chi connectivity index (χ0v) is 19.2. The quantitative estimate of drug-likeness (QED) is 0.574. The van der Waals surface area contributed by atoms with Crippen molar-refractivity contribution in [2.75, 3.05) is 0 Å². The van der Waals surface area contributed by atoms with Crippen molar-refractivity contribution in [2.24, 2.45) is 0 Å². The van der Waals surface area contributed by atoms with Gasteiger partial charge in [0.25, 0.3) is 0 Å². The van der Waals surface area contributed by atoms with Crippen LogP contribution in [0.5, 0.6) is 0 Å².